The third-order valence-electron chi connectivity index (χ3n) is 5.24. The molecule has 0 spiro atoms. The number of aromatic nitrogens is 4. The molecule has 7 nitrogen and oxygen atoms in total. The maximum Gasteiger partial charge on any atom is 0.275 e. The van der Waals surface area contributed by atoms with Gasteiger partial charge in [0.25, 0.3) is 5.56 Å². The fourth-order valence-electron chi connectivity index (χ4n) is 3.92. The van der Waals surface area contributed by atoms with Crippen molar-refractivity contribution in [2.75, 3.05) is 13.1 Å². The van der Waals surface area contributed by atoms with Gasteiger partial charge in [-0.25, -0.2) is 4.68 Å². The lowest BCUT2D eigenvalue weighted by Gasteiger charge is -2.18. The zero-order valence-electron chi connectivity index (χ0n) is 15.8. The molecule has 4 rings (SSSR count). The van der Waals surface area contributed by atoms with Gasteiger partial charge in [-0.1, -0.05) is 18.2 Å². The van der Waals surface area contributed by atoms with Crippen LogP contribution in [0.4, 0.5) is 0 Å². The second kappa shape index (κ2) is 6.64. The molecule has 1 saturated heterocycles. The zero-order chi connectivity index (χ0) is 19.1. The van der Waals surface area contributed by atoms with Gasteiger partial charge in [0, 0.05) is 24.2 Å². The second-order valence-corrected chi connectivity index (χ2v) is 7.25. The number of benzene rings is 1. The van der Waals surface area contributed by atoms with Crippen molar-refractivity contribution in [1.29, 1.82) is 0 Å². The Bertz CT molecular complexity index is 1080. The van der Waals surface area contributed by atoms with Crippen molar-refractivity contribution in [2.45, 2.75) is 39.8 Å². The molecule has 3 aromatic rings. The summed E-state index contributed by atoms with van der Waals surface area (Å²) in [6.45, 7) is 7.12. The summed E-state index contributed by atoms with van der Waals surface area (Å²) in [5, 5.41) is 10.3. The molecule has 0 N–H and O–H groups in total. The number of likely N-dealkylation sites (tertiary alicyclic amines) is 1. The summed E-state index contributed by atoms with van der Waals surface area (Å²) in [5.41, 5.74) is 2.62. The van der Waals surface area contributed by atoms with Gasteiger partial charge >= 0.3 is 0 Å². The molecule has 0 saturated carbocycles. The van der Waals surface area contributed by atoms with E-state index in [1.807, 2.05) is 49.7 Å². The highest BCUT2D eigenvalue weighted by molar-refractivity contribution is 5.83. The highest BCUT2D eigenvalue weighted by Gasteiger charge is 2.29. The fraction of sp³-hybridized carbons (Fsp3) is 0.400. The Morgan fingerprint density at radius 1 is 1.15 bits per heavy atom. The molecule has 0 bridgehead atoms. The molecule has 0 aliphatic carbocycles. The number of aryl methyl sites for hydroxylation is 3. The average Bonchev–Trinajstić information content (AvgIpc) is 3.25. The monoisotopic (exact) mass is 365 g/mol. The van der Waals surface area contributed by atoms with Gasteiger partial charge in [0.1, 0.15) is 6.54 Å². The Kier molecular flexibility index (Phi) is 4.30. The molecule has 7 heteroatoms. The molecule has 1 atom stereocenters. The van der Waals surface area contributed by atoms with Gasteiger partial charge in [-0.2, -0.15) is 10.2 Å². The van der Waals surface area contributed by atoms with Crippen molar-refractivity contribution in [2.24, 2.45) is 0 Å². The molecule has 0 unspecified atom stereocenters. The van der Waals surface area contributed by atoms with Crippen molar-refractivity contribution >= 4 is 16.7 Å². The maximum absolute atomic E-state index is 12.8. The summed E-state index contributed by atoms with van der Waals surface area (Å²) in [7, 11) is 0. The van der Waals surface area contributed by atoms with Crippen LogP contribution in [0.5, 0.6) is 0 Å². The van der Waals surface area contributed by atoms with Crippen molar-refractivity contribution in [3.63, 3.8) is 0 Å². The molecule has 1 aliphatic rings. The van der Waals surface area contributed by atoms with E-state index in [2.05, 4.69) is 10.2 Å². The molecule has 1 aromatic carbocycles. The number of rotatable bonds is 3. The number of hydrogen-bond acceptors (Lipinski definition) is 4. The van der Waals surface area contributed by atoms with Gasteiger partial charge in [0.15, 0.2) is 0 Å². The number of carbonyl (C=O) groups is 1. The average molecular weight is 365 g/mol. The smallest absolute Gasteiger partial charge is 0.275 e. The minimum Gasteiger partial charge on any atom is -0.339 e. The van der Waals surface area contributed by atoms with Crippen molar-refractivity contribution in [1.82, 2.24) is 24.5 Å². The van der Waals surface area contributed by atoms with Crippen molar-refractivity contribution < 1.29 is 4.79 Å². The van der Waals surface area contributed by atoms with Gasteiger partial charge in [-0.15, -0.1) is 0 Å². The molecular formula is C20H23N5O2. The van der Waals surface area contributed by atoms with E-state index in [9.17, 15) is 9.59 Å². The Labute approximate surface area is 157 Å². The van der Waals surface area contributed by atoms with Crippen LogP contribution >= 0.6 is 0 Å². The summed E-state index contributed by atoms with van der Waals surface area (Å²) in [5.74, 6) is -0.0803. The molecule has 2 aromatic heterocycles. The minimum absolute atomic E-state index is 0.0334. The lowest BCUT2D eigenvalue weighted by atomic mass is 10.1. The van der Waals surface area contributed by atoms with Crippen LogP contribution in [0.15, 0.2) is 35.1 Å². The topological polar surface area (TPSA) is 73.0 Å². The second-order valence-electron chi connectivity index (χ2n) is 7.25. The Morgan fingerprint density at radius 2 is 1.89 bits per heavy atom. The Morgan fingerprint density at radius 3 is 2.59 bits per heavy atom. The molecule has 1 amide bonds. The highest BCUT2D eigenvalue weighted by atomic mass is 16.2. The van der Waals surface area contributed by atoms with E-state index in [1.54, 1.807) is 11.0 Å². The molecule has 27 heavy (non-hydrogen) atoms. The standard InChI is InChI=1S/C20H23N5O2/c1-13-10-14(2)25(21-13)16-8-9-23(11-16)19(26)12-24-20(27)18-7-5-4-6-17(18)15(3)22-24/h4-7,10,16H,8-9,11-12H2,1-3H3/t16-/m0/s1. The van der Waals surface area contributed by atoms with Crippen LogP contribution in [0.25, 0.3) is 10.8 Å². The van der Waals surface area contributed by atoms with Gasteiger partial charge in [-0.05, 0) is 39.3 Å². The van der Waals surface area contributed by atoms with E-state index in [1.165, 1.54) is 4.68 Å². The van der Waals surface area contributed by atoms with Crippen LogP contribution in [0.3, 0.4) is 0 Å². The molecular weight excluding hydrogens is 342 g/mol. The van der Waals surface area contributed by atoms with E-state index in [0.29, 0.717) is 18.5 Å². The zero-order valence-corrected chi connectivity index (χ0v) is 15.8. The first-order valence-corrected chi connectivity index (χ1v) is 9.21. The summed E-state index contributed by atoms with van der Waals surface area (Å²) >= 11 is 0. The first-order chi connectivity index (χ1) is 12.9. The van der Waals surface area contributed by atoms with E-state index in [4.69, 9.17) is 0 Å². The first-order valence-electron chi connectivity index (χ1n) is 9.21. The number of fused-ring (bicyclic) bond motifs is 1. The van der Waals surface area contributed by atoms with Crippen LogP contribution in [0.2, 0.25) is 0 Å². The van der Waals surface area contributed by atoms with E-state index < -0.39 is 0 Å². The van der Waals surface area contributed by atoms with Gasteiger partial charge in [0.05, 0.1) is 22.8 Å². The Hall–Kier alpha value is -2.96. The van der Waals surface area contributed by atoms with E-state index >= 15 is 0 Å². The van der Waals surface area contributed by atoms with Crippen molar-refractivity contribution in [3.8, 4) is 0 Å². The SMILES string of the molecule is Cc1cc(C)n([C@H]2CCN(C(=O)Cn3nc(C)c4ccccc4c3=O)C2)n1. The highest BCUT2D eigenvalue weighted by Crippen LogP contribution is 2.23. The summed E-state index contributed by atoms with van der Waals surface area (Å²) in [4.78, 5) is 27.3. The minimum atomic E-state index is -0.223. The van der Waals surface area contributed by atoms with E-state index in [0.717, 1.165) is 28.9 Å². The number of hydrogen-bond donors (Lipinski definition) is 0. The van der Waals surface area contributed by atoms with Crippen LogP contribution in [0.1, 0.15) is 29.5 Å². The van der Waals surface area contributed by atoms with Crippen LogP contribution < -0.4 is 5.56 Å². The summed E-state index contributed by atoms with van der Waals surface area (Å²) in [6, 6.07) is 9.61. The molecule has 1 aliphatic heterocycles. The molecule has 140 valence electrons. The predicted molar refractivity (Wildman–Crippen MR) is 103 cm³/mol. The normalized spacial score (nSPS) is 17.0. The van der Waals surface area contributed by atoms with Crippen molar-refractivity contribution in [3.05, 3.63) is 57.8 Å². The Balaban J connectivity index is 1.53. The summed E-state index contributed by atoms with van der Waals surface area (Å²) < 4.78 is 3.30. The summed E-state index contributed by atoms with van der Waals surface area (Å²) in [6.07, 6.45) is 0.868. The van der Waals surface area contributed by atoms with Crippen LogP contribution in [0, 0.1) is 20.8 Å². The predicted octanol–water partition coefficient (Wildman–Crippen LogP) is 1.99. The number of amides is 1. The first kappa shape index (κ1) is 17.5. The number of carbonyl (C=O) groups excluding carboxylic acids is 1. The molecule has 0 radical (unpaired) electrons. The lowest BCUT2D eigenvalue weighted by molar-refractivity contribution is -0.131. The van der Waals surface area contributed by atoms with Crippen LogP contribution in [-0.4, -0.2) is 43.5 Å². The van der Waals surface area contributed by atoms with Gasteiger partial charge < -0.3 is 4.90 Å². The molecule has 1 fully saturated rings. The van der Waals surface area contributed by atoms with Gasteiger partial charge in [0.2, 0.25) is 5.91 Å². The van der Waals surface area contributed by atoms with Crippen LogP contribution in [-0.2, 0) is 11.3 Å². The van der Waals surface area contributed by atoms with Gasteiger partial charge in [-0.3, -0.25) is 14.3 Å². The third-order valence-corrected chi connectivity index (χ3v) is 5.24. The van der Waals surface area contributed by atoms with E-state index in [-0.39, 0.29) is 24.1 Å². The quantitative estimate of drug-likeness (QED) is 0.712. The largest absolute Gasteiger partial charge is 0.339 e. The third kappa shape index (κ3) is 3.13. The maximum atomic E-state index is 12.8. The lowest BCUT2D eigenvalue weighted by Crippen LogP contribution is -2.36. The molecule has 3 heterocycles. The fourth-order valence-corrected chi connectivity index (χ4v) is 3.92. The number of nitrogens with zero attached hydrogens (tertiary/aromatic N) is 5.